The Balaban J connectivity index is 2.69. The molecule has 126 valence electrons. The van der Waals surface area contributed by atoms with Crippen LogP contribution < -0.4 is 0 Å². The number of hydrogen-bond acceptors (Lipinski definition) is 4. The molecule has 0 bridgehead atoms. The van der Waals surface area contributed by atoms with Gasteiger partial charge >= 0.3 is 5.04 Å². The summed E-state index contributed by atoms with van der Waals surface area (Å²) < 4.78 is 47.8. The fourth-order valence-electron chi connectivity index (χ4n) is 3.11. The van der Waals surface area contributed by atoms with Gasteiger partial charge in [0.05, 0.1) is 4.90 Å². The molecule has 1 aromatic rings. The van der Waals surface area contributed by atoms with Crippen LogP contribution in [0, 0.1) is 20.8 Å². The second kappa shape index (κ2) is 6.28. The van der Waals surface area contributed by atoms with Crippen molar-refractivity contribution in [2.45, 2.75) is 56.1 Å². The first-order valence-corrected chi connectivity index (χ1v) is 9.88. The van der Waals surface area contributed by atoms with Crippen LogP contribution in [0.1, 0.15) is 42.4 Å². The summed E-state index contributed by atoms with van der Waals surface area (Å²) in [5.74, 6) is 0. The van der Waals surface area contributed by atoms with Crippen LogP contribution >= 0.6 is 0 Å². The molecule has 0 aliphatic heterocycles. The molecular weight excluding hydrogens is 336 g/mol. The number of aryl methyl sites for hydroxylation is 1. The molecule has 2 rings (SSSR count). The van der Waals surface area contributed by atoms with Crippen molar-refractivity contribution in [3.63, 3.8) is 0 Å². The lowest BCUT2D eigenvalue weighted by molar-refractivity contribution is -0.00618. The lowest BCUT2D eigenvalue weighted by Crippen LogP contribution is -2.45. The molecule has 8 heteroatoms. The van der Waals surface area contributed by atoms with Crippen molar-refractivity contribution in [2.75, 3.05) is 0 Å². The van der Waals surface area contributed by atoms with Gasteiger partial charge in [-0.25, -0.2) is 8.42 Å². The third-order valence-electron chi connectivity index (χ3n) is 4.76. The summed E-state index contributed by atoms with van der Waals surface area (Å²) in [6.45, 7) is 5.33. The van der Waals surface area contributed by atoms with Gasteiger partial charge in [0.1, 0.15) is 4.75 Å². The minimum Gasteiger partial charge on any atom is -0.771 e. The molecule has 1 atom stereocenters. The van der Waals surface area contributed by atoms with Gasteiger partial charge in [0, 0.05) is 0 Å². The third-order valence-corrected chi connectivity index (χ3v) is 8.13. The van der Waals surface area contributed by atoms with E-state index in [-0.39, 0.29) is 17.7 Å². The first kappa shape index (κ1) is 18.0. The van der Waals surface area contributed by atoms with Crippen molar-refractivity contribution in [3.8, 4) is 0 Å². The Kier molecular flexibility index (Phi) is 4.92. The quantitative estimate of drug-likeness (QED) is 0.272. The summed E-state index contributed by atoms with van der Waals surface area (Å²) in [6.07, 6.45) is 1.44. The van der Waals surface area contributed by atoms with E-state index in [0.29, 0.717) is 18.4 Å². The van der Waals surface area contributed by atoms with E-state index >= 15 is 0 Å². The molecule has 0 heterocycles. The monoisotopic (exact) mass is 355 g/mol. The highest BCUT2D eigenvalue weighted by molar-refractivity contribution is 8.08. The van der Waals surface area contributed by atoms with E-state index in [4.69, 9.17) is 0 Å². The van der Waals surface area contributed by atoms with Crippen LogP contribution in [0.25, 0.3) is 5.53 Å². The van der Waals surface area contributed by atoms with E-state index < -0.39 is 30.7 Å². The fourth-order valence-corrected chi connectivity index (χ4v) is 6.27. The average molecular weight is 355 g/mol. The van der Waals surface area contributed by atoms with E-state index in [0.717, 1.165) is 11.1 Å². The van der Waals surface area contributed by atoms with Crippen LogP contribution in [-0.4, -0.2) is 31.8 Å². The van der Waals surface area contributed by atoms with Crippen LogP contribution in [0.3, 0.4) is 0 Å². The summed E-state index contributed by atoms with van der Waals surface area (Å²) in [4.78, 5) is 2.93. The Morgan fingerprint density at radius 1 is 1.22 bits per heavy atom. The van der Waals surface area contributed by atoms with Crippen molar-refractivity contribution < 1.29 is 22.0 Å². The first-order chi connectivity index (χ1) is 10.7. The number of benzene rings is 1. The smallest absolute Gasteiger partial charge is 0.403 e. The lowest BCUT2D eigenvalue weighted by atomic mass is 10.1. The van der Waals surface area contributed by atoms with Gasteiger partial charge in [-0.3, -0.25) is 4.21 Å². The zero-order valence-corrected chi connectivity index (χ0v) is 15.0. The summed E-state index contributed by atoms with van der Waals surface area (Å²) in [7, 11) is -4.20. The standard InChI is InChI=1S/C15H20N2O4S2/c1-10-6-7-13(12(3)11(10)2)23(20,21)14(17-16)15(22(18)19)8-4-5-9-15/h6-7H,4-5,8-9H2,1-3H3,(H,18,19)/p-1. The lowest BCUT2D eigenvalue weighted by Gasteiger charge is -2.26. The maximum Gasteiger partial charge on any atom is 0.403 e. The number of hydrogen-bond donors (Lipinski definition) is 0. The SMILES string of the molecule is Cc1ccc(S(=O)(=O)C(=[N+]=[N-])C2(S(=O)[O-])CCCC2)c(C)c1C. The zero-order valence-electron chi connectivity index (χ0n) is 13.3. The molecule has 1 aliphatic carbocycles. The molecule has 1 aromatic carbocycles. The summed E-state index contributed by atoms with van der Waals surface area (Å²) in [5, 5.41) is -0.665. The van der Waals surface area contributed by atoms with Gasteiger partial charge in [-0.1, -0.05) is 18.9 Å². The third kappa shape index (κ3) is 2.80. The highest BCUT2D eigenvalue weighted by Crippen LogP contribution is 2.38. The second-order valence-corrected chi connectivity index (χ2v) is 9.06. The molecule has 0 amide bonds. The van der Waals surface area contributed by atoms with Gasteiger partial charge in [-0.15, -0.1) is 0 Å². The Hall–Kier alpha value is -1.34. The maximum absolute atomic E-state index is 13.0. The summed E-state index contributed by atoms with van der Waals surface area (Å²) in [5.41, 5.74) is 11.6. The zero-order chi connectivity index (χ0) is 17.4. The molecule has 1 saturated carbocycles. The minimum absolute atomic E-state index is 0.00914. The summed E-state index contributed by atoms with van der Waals surface area (Å²) in [6, 6.07) is 3.11. The van der Waals surface area contributed by atoms with E-state index in [9.17, 15) is 22.7 Å². The van der Waals surface area contributed by atoms with Gasteiger partial charge in [-0.2, -0.15) is 4.79 Å². The van der Waals surface area contributed by atoms with Crippen LogP contribution in [0.5, 0.6) is 0 Å². The minimum atomic E-state index is -4.20. The van der Waals surface area contributed by atoms with E-state index in [1.807, 2.05) is 6.92 Å². The van der Waals surface area contributed by atoms with Gasteiger partial charge in [0.15, 0.2) is 0 Å². The molecular formula is C15H19N2O4S2-. The number of nitrogens with zero attached hydrogens (tertiary/aromatic N) is 2. The van der Waals surface area contributed by atoms with Crippen LogP contribution in [0.4, 0.5) is 0 Å². The highest BCUT2D eigenvalue weighted by atomic mass is 32.2. The topological polar surface area (TPSA) is 111 Å². The predicted molar refractivity (Wildman–Crippen MR) is 86.6 cm³/mol. The molecule has 0 radical (unpaired) electrons. The van der Waals surface area contributed by atoms with E-state index in [1.165, 1.54) is 6.07 Å². The van der Waals surface area contributed by atoms with Crippen molar-refractivity contribution in [3.05, 3.63) is 34.4 Å². The molecule has 1 unspecified atom stereocenters. The average Bonchev–Trinajstić information content (AvgIpc) is 2.95. The van der Waals surface area contributed by atoms with Gasteiger partial charge in [0.2, 0.25) is 0 Å². The van der Waals surface area contributed by atoms with E-state index in [2.05, 4.69) is 4.79 Å². The van der Waals surface area contributed by atoms with Crippen LogP contribution in [0.15, 0.2) is 17.0 Å². The van der Waals surface area contributed by atoms with Gasteiger partial charge in [-0.05, 0) is 67.5 Å². The first-order valence-electron chi connectivity index (χ1n) is 7.32. The Labute approximate surface area is 138 Å². The number of sulfone groups is 1. The Bertz CT molecular complexity index is 818. The predicted octanol–water partition coefficient (Wildman–Crippen LogP) is 2.21. The van der Waals surface area contributed by atoms with Crippen molar-refractivity contribution >= 4 is 26.0 Å². The van der Waals surface area contributed by atoms with Crippen molar-refractivity contribution in [2.24, 2.45) is 0 Å². The van der Waals surface area contributed by atoms with E-state index in [1.54, 1.807) is 19.9 Å². The molecule has 1 fully saturated rings. The largest absolute Gasteiger partial charge is 0.771 e. The second-order valence-electron chi connectivity index (χ2n) is 5.98. The molecule has 23 heavy (non-hydrogen) atoms. The normalized spacial score (nSPS) is 18.4. The molecule has 0 spiro atoms. The highest BCUT2D eigenvalue weighted by Gasteiger charge is 2.54. The molecule has 0 N–H and O–H groups in total. The number of rotatable bonds is 3. The van der Waals surface area contributed by atoms with Gasteiger partial charge in [0.25, 0.3) is 9.84 Å². The summed E-state index contributed by atoms with van der Waals surface area (Å²) >= 11 is -2.69. The maximum atomic E-state index is 13.0. The fraction of sp³-hybridized carbons (Fsp3) is 0.533. The van der Waals surface area contributed by atoms with Gasteiger partial charge < -0.3 is 10.1 Å². The van der Waals surface area contributed by atoms with Crippen LogP contribution in [0.2, 0.25) is 0 Å². The molecule has 1 aliphatic rings. The van der Waals surface area contributed by atoms with Crippen molar-refractivity contribution in [1.82, 2.24) is 0 Å². The van der Waals surface area contributed by atoms with Crippen LogP contribution in [-0.2, 0) is 20.9 Å². The molecule has 0 saturated heterocycles. The molecule has 6 nitrogen and oxygen atoms in total. The van der Waals surface area contributed by atoms with Crippen molar-refractivity contribution in [1.29, 1.82) is 0 Å². The Morgan fingerprint density at radius 2 is 1.78 bits per heavy atom. The molecule has 0 aromatic heterocycles. The Morgan fingerprint density at radius 3 is 2.26 bits per heavy atom.